The molecular formula is C15H19Cl2N3. The number of rotatable bonds is 3. The monoisotopic (exact) mass is 311 g/mol. The number of fused-ring (bicyclic) bond motifs is 1. The zero-order valence-electron chi connectivity index (χ0n) is 11.6. The summed E-state index contributed by atoms with van der Waals surface area (Å²) in [5.41, 5.74) is 2.09. The van der Waals surface area contributed by atoms with Crippen LogP contribution >= 0.6 is 23.2 Å². The van der Waals surface area contributed by atoms with Gasteiger partial charge in [-0.05, 0) is 57.1 Å². The van der Waals surface area contributed by atoms with Crippen molar-refractivity contribution in [3.05, 3.63) is 29.0 Å². The zero-order valence-corrected chi connectivity index (χ0v) is 13.2. The number of hydrogen-bond donors (Lipinski definition) is 0. The van der Waals surface area contributed by atoms with E-state index in [1.54, 1.807) is 0 Å². The minimum atomic E-state index is 0.443. The predicted octanol–water partition coefficient (Wildman–Crippen LogP) is 3.77. The fourth-order valence-corrected chi connectivity index (χ4v) is 3.32. The molecule has 0 radical (unpaired) electrons. The van der Waals surface area contributed by atoms with Gasteiger partial charge in [0.1, 0.15) is 5.82 Å². The molecule has 108 valence electrons. The number of benzene rings is 1. The molecule has 0 aliphatic carbocycles. The Labute approximate surface area is 129 Å². The van der Waals surface area contributed by atoms with Gasteiger partial charge in [0, 0.05) is 11.6 Å². The third kappa shape index (κ3) is 2.80. The van der Waals surface area contributed by atoms with E-state index in [-0.39, 0.29) is 0 Å². The quantitative estimate of drug-likeness (QED) is 0.805. The second kappa shape index (κ2) is 5.92. The number of piperidine rings is 1. The van der Waals surface area contributed by atoms with Gasteiger partial charge < -0.3 is 9.47 Å². The lowest BCUT2D eigenvalue weighted by atomic mass is 9.97. The number of halogens is 2. The molecule has 0 amide bonds. The second-order valence-electron chi connectivity index (χ2n) is 5.65. The van der Waals surface area contributed by atoms with Crippen LogP contribution in [0.2, 0.25) is 5.02 Å². The zero-order chi connectivity index (χ0) is 14.1. The molecule has 0 unspecified atom stereocenters. The van der Waals surface area contributed by atoms with Gasteiger partial charge in [0.05, 0.1) is 16.9 Å². The highest BCUT2D eigenvalue weighted by Gasteiger charge is 2.19. The van der Waals surface area contributed by atoms with Gasteiger partial charge in [0.25, 0.3) is 0 Å². The fourth-order valence-electron chi connectivity index (χ4n) is 2.95. The molecule has 0 bridgehead atoms. The number of likely N-dealkylation sites (tertiary alicyclic amines) is 1. The molecule has 1 aromatic heterocycles. The molecule has 1 aromatic carbocycles. The Bertz CT molecular complexity index is 600. The van der Waals surface area contributed by atoms with Gasteiger partial charge in [0.2, 0.25) is 0 Å². The molecule has 0 atom stereocenters. The van der Waals surface area contributed by atoms with Crippen LogP contribution in [0.25, 0.3) is 11.0 Å². The molecule has 5 heteroatoms. The van der Waals surface area contributed by atoms with Crippen LogP contribution in [0.3, 0.4) is 0 Å². The van der Waals surface area contributed by atoms with Crippen LogP contribution in [0.5, 0.6) is 0 Å². The Morgan fingerprint density at radius 2 is 2.05 bits per heavy atom. The van der Waals surface area contributed by atoms with Crippen LogP contribution < -0.4 is 0 Å². The van der Waals surface area contributed by atoms with Crippen LogP contribution in [-0.4, -0.2) is 34.6 Å². The lowest BCUT2D eigenvalue weighted by Gasteiger charge is -2.29. The predicted molar refractivity (Wildman–Crippen MR) is 84.5 cm³/mol. The highest BCUT2D eigenvalue weighted by molar-refractivity contribution is 6.31. The fraction of sp³-hybridized carbons (Fsp3) is 0.533. The number of imidazole rings is 1. The molecule has 0 spiro atoms. The lowest BCUT2D eigenvalue weighted by molar-refractivity contribution is 0.205. The molecule has 0 saturated carbocycles. The summed E-state index contributed by atoms with van der Waals surface area (Å²) in [4.78, 5) is 7.01. The average Bonchev–Trinajstić information content (AvgIpc) is 2.79. The normalized spacial score (nSPS) is 17.9. The highest BCUT2D eigenvalue weighted by Crippen LogP contribution is 2.25. The van der Waals surface area contributed by atoms with Gasteiger partial charge in [-0.25, -0.2) is 4.98 Å². The summed E-state index contributed by atoms with van der Waals surface area (Å²) >= 11 is 12.2. The Morgan fingerprint density at radius 3 is 2.75 bits per heavy atom. The van der Waals surface area contributed by atoms with Gasteiger partial charge in [-0.15, -0.1) is 11.6 Å². The number of hydrogen-bond acceptors (Lipinski definition) is 2. The van der Waals surface area contributed by atoms with Crippen molar-refractivity contribution in [2.75, 3.05) is 20.1 Å². The SMILES string of the molecule is CN1CCC(Cn2c(CCl)nc3ccc(Cl)cc32)CC1. The minimum Gasteiger partial charge on any atom is -0.327 e. The summed E-state index contributed by atoms with van der Waals surface area (Å²) in [6.07, 6.45) is 2.47. The maximum atomic E-state index is 6.12. The maximum absolute atomic E-state index is 6.12. The molecule has 1 saturated heterocycles. The second-order valence-corrected chi connectivity index (χ2v) is 6.36. The highest BCUT2D eigenvalue weighted by atomic mass is 35.5. The van der Waals surface area contributed by atoms with Crippen molar-refractivity contribution >= 4 is 34.2 Å². The third-order valence-electron chi connectivity index (χ3n) is 4.19. The summed E-state index contributed by atoms with van der Waals surface area (Å²) in [5, 5.41) is 0.753. The smallest absolute Gasteiger partial charge is 0.124 e. The largest absolute Gasteiger partial charge is 0.327 e. The van der Waals surface area contributed by atoms with Crippen LogP contribution in [0.1, 0.15) is 18.7 Å². The summed E-state index contributed by atoms with van der Waals surface area (Å²) in [7, 11) is 2.19. The topological polar surface area (TPSA) is 21.1 Å². The van der Waals surface area contributed by atoms with Crippen LogP contribution in [0.15, 0.2) is 18.2 Å². The van der Waals surface area contributed by atoms with Gasteiger partial charge in [-0.1, -0.05) is 11.6 Å². The molecule has 1 aliphatic heterocycles. The first-order valence-corrected chi connectivity index (χ1v) is 7.98. The summed E-state index contributed by atoms with van der Waals surface area (Å²) < 4.78 is 2.25. The molecule has 2 aromatic rings. The van der Waals surface area contributed by atoms with Crippen LogP contribution in [0.4, 0.5) is 0 Å². The van der Waals surface area contributed by atoms with Gasteiger partial charge in [-0.3, -0.25) is 0 Å². The Balaban J connectivity index is 1.91. The Hall–Kier alpha value is -0.770. The van der Waals surface area contributed by atoms with Gasteiger partial charge >= 0.3 is 0 Å². The van der Waals surface area contributed by atoms with Crippen molar-refractivity contribution in [2.24, 2.45) is 5.92 Å². The summed E-state index contributed by atoms with van der Waals surface area (Å²) in [6, 6.07) is 5.85. The van der Waals surface area contributed by atoms with E-state index in [0.717, 1.165) is 28.4 Å². The number of nitrogens with zero attached hydrogens (tertiary/aromatic N) is 3. The van der Waals surface area contributed by atoms with Crippen molar-refractivity contribution < 1.29 is 0 Å². The van der Waals surface area contributed by atoms with Crippen molar-refractivity contribution in [1.82, 2.24) is 14.5 Å². The lowest BCUT2D eigenvalue weighted by Crippen LogP contribution is -2.32. The first-order chi connectivity index (χ1) is 9.67. The van der Waals surface area contributed by atoms with Crippen molar-refractivity contribution in [3.63, 3.8) is 0 Å². The van der Waals surface area contributed by atoms with E-state index in [9.17, 15) is 0 Å². The van der Waals surface area contributed by atoms with Crippen LogP contribution in [0, 0.1) is 5.92 Å². The summed E-state index contributed by atoms with van der Waals surface area (Å²) in [5.74, 6) is 2.09. The van der Waals surface area contributed by atoms with E-state index in [4.69, 9.17) is 23.2 Å². The molecule has 1 aliphatic rings. The average molecular weight is 312 g/mol. The molecular weight excluding hydrogens is 293 g/mol. The molecule has 2 heterocycles. The van der Waals surface area contributed by atoms with E-state index >= 15 is 0 Å². The molecule has 1 fully saturated rings. The molecule has 3 rings (SSSR count). The Kier molecular flexibility index (Phi) is 4.20. The molecule has 3 nitrogen and oxygen atoms in total. The van der Waals surface area contributed by atoms with Gasteiger partial charge in [-0.2, -0.15) is 0 Å². The third-order valence-corrected chi connectivity index (χ3v) is 4.66. The van der Waals surface area contributed by atoms with E-state index in [1.165, 1.54) is 25.9 Å². The molecule has 0 N–H and O–H groups in total. The first-order valence-electron chi connectivity index (χ1n) is 7.06. The minimum absolute atomic E-state index is 0.443. The van der Waals surface area contributed by atoms with Crippen LogP contribution in [-0.2, 0) is 12.4 Å². The van der Waals surface area contributed by atoms with Crippen molar-refractivity contribution in [2.45, 2.75) is 25.3 Å². The van der Waals surface area contributed by atoms with Crippen molar-refractivity contribution in [1.29, 1.82) is 0 Å². The maximum Gasteiger partial charge on any atom is 0.124 e. The molecule has 20 heavy (non-hydrogen) atoms. The van der Waals surface area contributed by atoms with Gasteiger partial charge in [0.15, 0.2) is 0 Å². The number of aromatic nitrogens is 2. The number of alkyl halides is 1. The van der Waals surface area contributed by atoms with E-state index in [1.807, 2.05) is 18.2 Å². The first kappa shape index (κ1) is 14.2. The van der Waals surface area contributed by atoms with E-state index in [2.05, 4.69) is 21.5 Å². The van der Waals surface area contributed by atoms with Crippen molar-refractivity contribution in [3.8, 4) is 0 Å². The summed E-state index contributed by atoms with van der Waals surface area (Å²) in [6.45, 7) is 3.34. The van der Waals surface area contributed by atoms with E-state index < -0.39 is 0 Å². The standard InChI is InChI=1S/C15H19Cl2N3/c1-19-6-4-11(5-7-19)10-20-14-8-12(17)2-3-13(14)18-15(20)9-16/h2-3,8,11H,4-7,9-10H2,1H3. The Morgan fingerprint density at radius 1 is 1.30 bits per heavy atom. The van der Waals surface area contributed by atoms with E-state index in [0.29, 0.717) is 11.8 Å².